The van der Waals surface area contributed by atoms with Gasteiger partial charge in [0.15, 0.2) is 0 Å². The maximum atomic E-state index is 5.88. The molecule has 0 bridgehead atoms. The number of hydrogen-bond donors (Lipinski definition) is 1. The lowest BCUT2D eigenvalue weighted by Gasteiger charge is -2.29. The Labute approximate surface area is 122 Å². The van der Waals surface area contributed by atoms with Crippen LogP contribution in [0, 0.1) is 5.92 Å². The number of fused-ring (bicyclic) bond motifs is 1. The first kappa shape index (κ1) is 14.1. The van der Waals surface area contributed by atoms with Gasteiger partial charge in [-0.3, -0.25) is 0 Å². The molecular weight excluding hydrogens is 246 g/mol. The number of hydrogen-bond acceptors (Lipinski definition) is 2. The lowest BCUT2D eigenvalue weighted by atomic mass is 9.86. The van der Waals surface area contributed by atoms with Gasteiger partial charge in [-0.05, 0) is 62.1 Å². The Kier molecular flexibility index (Phi) is 4.74. The molecule has 2 aliphatic rings. The van der Waals surface area contributed by atoms with Crippen LogP contribution < -0.4 is 5.32 Å². The van der Waals surface area contributed by atoms with Crippen LogP contribution >= 0.6 is 0 Å². The summed E-state index contributed by atoms with van der Waals surface area (Å²) >= 11 is 0. The molecule has 3 atom stereocenters. The average molecular weight is 273 g/mol. The van der Waals surface area contributed by atoms with E-state index in [1.54, 1.807) is 5.56 Å². The minimum atomic E-state index is 0.506. The van der Waals surface area contributed by atoms with Crippen LogP contribution in [0.25, 0.3) is 0 Å². The highest BCUT2D eigenvalue weighted by Gasteiger charge is 2.30. The lowest BCUT2D eigenvalue weighted by Crippen LogP contribution is -2.30. The van der Waals surface area contributed by atoms with Gasteiger partial charge in [0.1, 0.15) is 0 Å². The van der Waals surface area contributed by atoms with Crippen LogP contribution in [0.5, 0.6) is 0 Å². The van der Waals surface area contributed by atoms with Crippen LogP contribution in [-0.2, 0) is 11.2 Å². The summed E-state index contributed by atoms with van der Waals surface area (Å²) in [6.45, 7) is 4.23. The third-order valence-corrected chi connectivity index (χ3v) is 4.90. The maximum absolute atomic E-state index is 5.88. The van der Waals surface area contributed by atoms with E-state index in [0.29, 0.717) is 12.1 Å². The molecule has 0 amide bonds. The van der Waals surface area contributed by atoms with E-state index in [4.69, 9.17) is 4.74 Å². The zero-order valence-corrected chi connectivity index (χ0v) is 12.6. The average Bonchev–Trinajstić information content (AvgIpc) is 2.91. The van der Waals surface area contributed by atoms with Crippen LogP contribution in [0.4, 0.5) is 0 Å². The Morgan fingerprint density at radius 3 is 2.90 bits per heavy atom. The van der Waals surface area contributed by atoms with E-state index < -0.39 is 0 Å². The molecule has 1 saturated heterocycles. The predicted octanol–water partition coefficient (Wildman–Crippen LogP) is 3.86. The maximum Gasteiger partial charge on any atom is 0.0579 e. The van der Waals surface area contributed by atoms with E-state index in [0.717, 1.165) is 19.1 Å². The van der Waals surface area contributed by atoms with Crippen LogP contribution in [0.15, 0.2) is 24.3 Å². The minimum absolute atomic E-state index is 0.506. The second-order valence-electron chi connectivity index (χ2n) is 6.26. The van der Waals surface area contributed by atoms with Crippen molar-refractivity contribution in [2.75, 3.05) is 13.2 Å². The summed E-state index contributed by atoms with van der Waals surface area (Å²) in [7, 11) is 0. The van der Waals surface area contributed by atoms with Crippen LogP contribution in [0.3, 0.4) is 0 Å². The zero-order valence-electron chi connectivity index (χ0n) is 12.6. The second kappa shape index (κ2) is 6.73. The Hall–Kier alpha value is -0.860. The number of aryl methyl sites for hydroxylation is 1. The Morgan fingerprint density at radius 1 is 1.20 bits per heavy atom. The summed E-state index contributed by atoms with van der Waals surface area (Å²) in [4.78, 5) is 0. The normalized spacial score (nSPS) is 29.9. The predicted molar refractivity (Wildman–Crippen MR) is 82.9 cm³/mol. The van der Waals surface area contributed by atoms with Crippen molar-refractivity contribution in [2.45, 2.75) is 57.6 Å². The van der Waals surface area contributed by atoms with Crippen molar-refractivity contribution < 1.29 is 4.74 Å². The van der Waals surface area contributed by atoms with Crippen molar-refractivity contribution in [1.82, 2.24) is 5.32 Å². The van der Waals surface area contributed by atoms with Crippen molar-refractivity contribution in [3.05, 3.63) is 35.4 Å². The van der Waals surface area contributed by atoms with Crippen LogP contribution in [0.2, 0.25) is 0 Å². The fourth-order valence-electron chi connectivity index (χ4n) is 3.96. The van der Waals surface area contributed by atoms with E-state index in [1.807, 2.05) is 0 Å². The summed E-state index contributed by atoms with van der Waals surface area (Å²) in [5, 5.41) is 3.75. The van der Waals surface area contributed by atoms with Gasteiger partial charge in [-0.1, -0.05) is 31.2 Å². The van der Waals surface area contributed by atoms with Crippen molar-refractivity contribution in [1.29, 1.82) is 0 Å². The Balaban J connectivity index is 1.81. The monoisotopic (exact) mass is 273 g/mol. The Bertz CT molecular complexity index is 425. The first-order chi connectivity index (χ1) is 9.88. The summed E-state index contributed by atoms with van der Waals surface area (Å²) in [5.74, 6) is 0.724. The van der Waals surface area contributed by atoms with E-state index in [9.17, 15) is 0 Å². The van der Waals surface area contributed by atoms with Crippen molar-refractivity contribution in [2.24, 2.45) is 5.92 Å². The zero-order chi connectivity index (χ0) is 13.8. The molecule has 3 unspecified atom stereocenters. The van der Waals surface area contributed by atoms with Crippen LogP contribution in [0.1, 0.15) is 56.2 Å². The van der Waals surface area contributed by atoms with Crippen molar-refractivity contribution in [3.63, 3.8) is 0 Å². The molecule has 2 nitrogen and oxygen atoms in total. The van der Waals surface area contributed by atoms with Gasteiger partial charge in [-0.15, -0.1) is 0 Å². The standard InChI is InChI=1S/C18H27NO/c1-2-19-18-15(13-16-10-6-12-20-16)9-5-8-14-7-3-4-11-17(14)18/h3-4,7,11,15-16,18-19H,2,5-6,8-10,12-13H2,1H3. The Morgan fingerprint density at radius 2 is 2.10 bits per heavy atom. The fourth-order valence-corrected chi connectivity index (χ4v) is 3.96. The fraction of sp³-hybridized carbons (Fsp3) is 0.667. The third kappa shape index (κ3) is 3.07. The number of benzene rings is 1. The summed E-state index contributed by atoms with van der Waals surface area (Å²) < 4.78 is 5.88. The van der Waals surface area contributed by atoms with Gasteiger partial charge in [0.05, 0.1) is 6.10 Å². The molecule has 1 aromatic carbocycles. The third-order valence-electron chi connectivity index (χ3n) is 4.90. The molecule has 2 heteroatoms. The highest BCUT2D eigenvalue weighted by Crippen LogP contribution is 2.37. The molecular formula is C18H27NO. The van der Waals surface area contributed by atoms with Crippen LogP contribution in [-0.4, -0.2) is 19.3 Å². The molecule has 0 aromatic heterocycles. The largest absolute Gasteiger partial charge is 0.378 e. The molecule has 1 N–H and O–H groups in total. The van der Waals surface area contributed by atoms with Crippen molar-refractivity contribution in [3.8, 4) is 0 Å². The first-order valence-electron chi connectivity index (χ1n) is 8.31. The van der Waals surface area contributed by atoms with Gasteiger partial charge < -0.3 is 10.1 Å². The smallest absolute Gasteiger partial charge is 0.0579 e. The van der Waals surface area contributed by atoms with E-state index >= 15 is 0 Å². The molecule has 1 aromatic rings. The molecule has 3 rings (SSSR count). The molecule has 0 spiro atoms. The summed E-state index contributed by atoms with van der Waals surface area (Å²) in [5.41, 5.74) is 3.09. The molecule has 20 heavy (non-hydrogen) atoms. The number of nitrogens with one attached hydrogen (secondary N) is 1. The molecule has 1 heterocycles. The summed E-state index contributed by atoms with van der Waals surface area (Å²) in [6.07, 6.45) is 8.12. The lowest BCUT2D eigenvalue weighted by molar-refractivity contribution is 0.0812. The molecule has 1 fully saturated rings. The van der Waals surface area contributed by atoms with Gasteiger partial charge >= 0.3 is 0 Å². The molecule has 1 aliphatic carbocycles. The molecule has 0 saturated carbocycles. The number of ether oxygens (including phenoxy) is 1. The van der Waals surface area contributed by atoms with Gasteiger partial charge in [0.25, 0.3) is 0 Å². The SMILES string of the molecule is CCNC1c2ccccc2CCCC1CC1CCCO1. The van der Waals surface area contributed by atoms with Gasteiger partial charge in [0, 0.05) is 12.6 Å². The first-order valence-corrected chi connectivity index (χ1v) is 8.31. The highest BCUT2D eigenvalue weighted by molar-refractivity contribution is 5.31. The van der Waals surface area contributed by atoms with Gasteiger partial charge in [0.2, 0.25) is 0 Å². The van der Waals surface area contributed by atoms with E-state index in [2.05, 4.69) is 36.5 Å². The minimum Gasteiger partial charge on any atom is -0.378 e. The number of rotatable bonds is 4. The molecule has 0 radical (unpaired) electrons. The second-order valence-corrected chi connectivity index (χ2v) is 6.26. The summed E-state index contributed by atoms with van der Waals surface area (Å²) in [6, 6.07) is 9.53. The van der Waals surface area contributed by atoms with Gasteiger partial charge in [-0.25, -0.2) is 0 Å². The highest BCUT2D eigenvalue weighted by atomic mass is 16.5. The molecule has 1 aliphatic heterocycles. The topological polar surface area (TPSA) is 21.3 Å². The van der Waals surface area contributed by atoms with E-state index in [-0.39, 0.29) is 0 Å². The quantitative estimate of drug-likeness (QED) is 0.841. The van der Waals surface area contributed by atoms with E-state index in [1.165, 1.54) is 44.1 Å². The van der Waals surface area contributed by atoms with Gasteiger partial charge in [-0.2, -0.15) is 0 Å². The molecule has 110 valence electrons. The van der Waals surface area contributed by atoms with Crippen molar-refractivity contribution >= 4 is 0 Å².